The Morgan fingerprint density at radius 3 is 2.33 bits per heavy atom. The Morgan fingerprint density at radius 2 is 1.76 bits per heavy atom. The van der Waals surface area contributed by atoms with Crippen LogP contribution in [0.15, 0.2) is 0 Å². The van der Waals surface area contributed by atoms with Crippen molar-refractivity contribution in [1.82, 2.24) is 20.4 Å². The number of carbonyl (C=O) groups excluding carboxylic acids is 2. The predicted octanol–water partition coefficient (Wildman–Crippen LogP) is -0.933. The van der Waals surface area contributed by atoms with Gasteiger partial charge in [0.2, 0.25) is 5.91 Å². The van der Waals surface area contributed by atoms with Crippen LogP contribution in [0.4, 0.5) is 4.79 Å². The summed E-state index contributed by atoms with van der Waals surface area (Å²) in [5.41, 5.74) is 0. The second kappa shape index (κ2) is 7.26. The Bertz CT molecular complexity index is 403. The zero-order chi connectivity index (χ0) is 15.2. The molecule has 118 valence electrons. The maximum absolute atomic E-state index is 11.9. The van der Waals surface area contributed by atoms with Crippen LogP contribution >= 0.6 is 0 Å². The molecule has 1 saturated heterocycles. The standard InChI is InChI=1S/C13H22N4O4/c18-11(15-10-1-2-10)3-4-14-13(21)17-7-5-16(6-8-17)9-12(19)20/h10H,1-9H2,(H,14,21)(H,15,18)(H,19,20). The van der Waals surface area contributed by atoms with E-state index >= 15 is 0 Å². The van der Waals surface area contributed by atoms with E-state index in [1.54, 1.807) is 9.80 Å². The van der Waals surface area contributed by atoms with E-state index in [9.17, 15) is 14.4 Å². The van der Waals surface area contributed by atoms with Crippen LogP contribution < -0.4 is 10.6 Å². The van der Waals surface area contributed by atoms with Crippen LogP contribution in [0, 0.1) is 0 Å². The van der Waals surface area contributed by atoms with Gasteiger partial charge in [0, 0.05) is 45.2 Å². The van der Waals surface area contributed by atoms with E-state index < -0.39 is 5.97 Å². The lowest BCUT2D eigenvalue weighted by atomic mass is 10.3. The van der Waals surface area contributed by atoms with Gasteiger partial charge < -0.3 is 20.6 Å². The van der Waals surface area contributed by atoms with Crippen LogP contribution in [0.2, 0.25) is 0 Å². The molecule has 1 saturated carbocycles. The molecule has 3 N–H and O–H groups in total. The van der Waals surface area contributed by atoms with Gasteiger partial charge >= 0.3 is 12.0 Å². The number of carboxylic acids is 1. The van der Waals surface area contributed by atoms with Gasteiger partial charge in [-0.15, -0.1) is 0 Å². The van der Waals surface area contributed by atoms with Crippen molar-refractivity contribution in [2.75, 3.05) is 39.3 Å². The van der Waals surface area contributed by atoms with Crippen molar-refractivity contribution in [1.29, 1.82) is 0 Å². The first kappa shape index (κ1) is 15.6. The van der Waals surface area contributed by atoms with Crippen molar-refractivity contribution in [3.63, 3.8) is 0 Å². The number of nitrogens with zero attached hydrogens (tertiary/aromatic N) is 2. The molecule has 8 nitrogen and oxygen atoms in total. The summed E-state index contributed by atoms with van der Waals surface area (Å²) in [4.78, 5) is 37.4. The van der Waals surface area contributed by atoms with Crippen LogP contribution in [0.3, 0.4) is 0 Å². The molecule has 21 heavy (non-hydrogen) atoms. The zero-order valence-electron chi connectivity index (χ0n) is 12.0. The van der Waals surface area contributed by atoms with Gasteiger partial charge in [-0.2, -0.15) is 0 Å². The summed E-state index contributed by atoms with van der Waals surface area (Å²) in [5, 5.41) is 14.3. The van der Waals surface area contributed by atoms with E-state index in [4.69, 9.17) is 5.11 Å². The number of carbonyl (C=O) groups is 3. The van der Waals surface area contributed by atoms with E-state index in [2.05, 4.69) is 10.6 Å². The highest BCUT2D eigenvalue weighted by Crippen LogP contribution is 2.18. The Morgan fingerprint density at radius 1 is 1.10 bits per heavy atom. The maximum Gasteiger partial charge on any atom is 0.317 e. The summed E-state index contributed by atoms with van der Waals surface area (Å²) in [5.74, 6) is -0.876. The Balaban J connectivity index is 1.58. The second-order valence-electron chi connectivity index (χ2n) is 5.48. The quantitative estimate of drug-likeness (QED) is 0.588. The smallest absolute Gasteiger partial charge is 0.317 e. The van der Waals surface area contributed by atoms with Gasteiger partial charge in [-0.05, 0) is 12.8 Å². The molecule has 0 bridgehead atoms. The molecule has 2 fully saturated rings. The fraction of sp³-hybridized carbons (Fsp3) is 0.769. The molecule has 1 heterocycles. The lowest BCUT2D eigenvalue weighted by Gasteiger charge is -2.33. The molecule has 0 unspecified atom stereocenters. The highest BCUT2D eigenvalue weighted by Gasteiger charge is 2.24. The number of carboxylic acid groups (broad SMARTS) is 1. The minimum atomic E-state index is -0.852. The van der Waals surface area contributed by atoms with Gasteiger partial charge in [-0.3, -0.25) is 14.5 Å². The first-order chi connectivity index (χ1) is 10.0. The highest BCUT2D eigenvalue weighted by atomic mass is 16.4. The van der Waals surface area contributed by atoms with Crippen molar-refractivity contribution >= 4 is 17.9 Å². The van der Waals surface area contributed by atoms with Crippen LogP contribution in [0.5, 0.6) is 0 Å². The van der Waals surface area contributed by atoms with Crippen LogP contribution in [-0.2, 0) is 9.59 Å². The molecular weight excluding hydrogens is 276 g/mol. The predicted molar refractivity (Wildman–Crippen MR) is 74.8 cm³/mol. The van der Waals surface area contributed by atoms with E-state index in [0.29, 0.717) is 45.2 Å². The molecule has 0 radical (unpaired) electrons. The lowest BCUT2D eigenvalue weighted by molar-refractivity contribution is -0.138. The fourth-order valence-corrected chi connectivity index (χ4v) is 2.22. The lowest BCUT2D eigenvalue weighted by Crippen LogP contribution is -2.52. The number of hydrogen-bond donors (Lipinski definition) is 3. The summed E-state index contributed by atoms with van der Waals surface area (Å²) in [6.07, 6.45) is 2.40. The summed E-state index contributed by atoms with van der Waals surface area (Å²) in [6, 6.07) is 0.153. The molecule has 0 atom stereocenters. The van der Waals surface area contributed by atoms with Gasteiger partial charge in [0.25, 0.3) is 0 Å². The molecule has 2 aliphatic rings. The van der Waals surface area contributed by atoms with Crippen molar-refractivity contribution in [3.8, 4) is 0 Å². The summed E-state index contributed by atoms with van der Waals surface area (Å²) in [6.45, 7) is 2.47. The average molecular weight is 298 g/mol. The monoisotopic (exact) mass is 298 g/mol. The third-order valence-corrected chi connectivity index (χ3v) is 3.59. The number of urea groups is 1. The van der Waals surface area contributed by atoms with Gasteiger partial charge in [0.05, 0.1) is 6.54 Å². The van der Waals surface area contributed by atoms with Crippen LogP contribution in [-0.4, -0.2) is 78.1 Å². The largest absolute Gasteiger partial charge is 0.480 e. The molecule has 0 aromatic heterocycles. The molecule has 8 heteroatoms. The molecular formula is C13H22N4O4. The molecule has 0 spiro atoms. The van der Waals surface area contributed by atoms with Gasteiger partial charge in [-0.25, -0.2) is 4.79 Å². The molecule has 1 aliphatic carbocycles. The first-order valence-electron chi connectivity index (χ1n) is 7.31. The van der Waals surface area contributed by atoms with Crippen molar-refractivity contribution < 1.29 is 19.5 Å². The normalized spacial score (nSPS) is 19.1. The summed E-state index contributed by atoms with van der Waals surface area (Å²) >= 11 is 0. The van der Waals surface area contributed by atoms with E-state index in [-0.39, 0.29) is 18.5 Å². The molecule has 0 aromatic rings. The van der Waals surface area contributed by atoms with Crippen molar-refractivity contribution in [3.05, 3.63) is 0 Å². The third-order valence-electron chi connectivity index (χ3n) is 3.59. The minimum Gasteiger partial charge on any atom is -0.480 e. The van der Waals surface area contributed by atoms with Gasteiger partial charge in [0.15, 0.2) is 0 Å². The Hall–Kier alpha value is -1.83. The highest BCUT2D eigenvalue weighted by molar-refractivity contribution is 5.78. The summed E-state index contributed by atoms with van der Waals surface area (Å²) in [7, 11) is 0. The number of rotatable bonds is 6. The van der Waals surface area contributed by atoms with Crippen molar-refractivity contribution in [2.45, 2.75) is 25.3 Å². The van der Waals surface area contributed by atoms with Crippen molar-refractivity contribution in [2.24, 2.45) is 0 Å². The SMILES string of the molecule is O=C(O)CN1CCN(C(=O)NCCC(=O)NC2CC2)CC1. The van der Waals surface area contributed by atoms with Crippen LogP contribution in [0.25, 0.3) is 0 Å². The van der Waals surface area contributed by atoms with Gasteiger partial charge in [-0.1, -0.05) is 0 Å². The van der Waals surface area contributed by atoms with E-state index in [0.717, 1.165) is 12.8 Å². The number of aliphatic carboxylic acids is 1. The molecule has 2 rings (SSSR count). The second-order valence-corrected chi connectivity index (χ2v) is 5.48. The maximum atomic E-state index is 11.9. The van der Waals surface area contributed by atoms with Gasteiger partial charge in [0.1, 0.15) is 0 Å². The van der Waals surface area contributed by atoms with Crippen LogP contribution in [0.1, 0.15) is 19.3 Å². The number of piperazine rings is 1. The third kappa shape index (κ3) is 5.58. The minimum absolute atomic E-state index is 0.0107. The molecule has 0 aromatic carbocycles. The van der Waals surface area contributed by atoms with E-state index in [1.807, 2.05) is 0 Å². The number of amides is 3. The average Bonchev–Trinajstić information content (AvgIpc) is 3.22. The number of hydrogen-bond acceptors (Lipinski definition) is 4. The zero-order valence-corrected chi connectivity index (χ0v) is 12.0. The Labute approximate surface area is 123 Å². The van der Waals surface area contributed by atoms with E-state index in [1.165, 1.54) is 0 Å². The summed E-state index contributed by atoms with van der Waals surface area (Å²) < 4.78 is 0. The fourth-order valence-electron chi connectivity index (χ4n) is 2.22. The molecule has 1 aliphatic heterocycles. The topological polar surface area (TPSA) is 102 Å². The number of nitrogens with one attached hydrogen (secondary N) is 2. The first-order valence-corrected chi connectivity index (χ1v) is 7.31. The Kier molecular flexibility index (Phi) is 5.38. The molecule has 3 amide bonds.